The van der Waals surface area contributed by atoms with E-state index in [9.17, 15) is 4.79 Å². The van der Waals surface area contributed by atoms with Crippen molar-refractivity contribution in [2.45, 2.75) is 12.8 Å². The van der Waals surface area contributed by atoms with Crippen molar-refractivity contribution in [1.82, 2.24) is 0 Å². The Bertz CT molecular complexity index is 1510. The molecule has 0 N–H and O–H groups in total. The van der Waals surface area contributed by atoms with Gasteiger partial charge in [0, 0.05) is 5.56 Å². The fraction of sp³-hybridized carbons (Fsp3) is 0.0833. The molecule has 0 bridgehead atoms. The van der Waals surface area contributed by atoms with E-state index in [1.807, 2.05) is 91.0 Å². The predicted octanol–water partition coefficient (Wildman–Crippen LogP) is 8.80. The second-order valence-corrected chi connectivity index (χ2v) is 9.22. The van der Waals surface area contributed by atoms with Crippen LogP contribution < -0.4 is 4.74 Å². The lowest BCUT2D eigenvalue weighted by atomic mass is 9.96. The first-order valence-electron chi connectivity index (χ1n) is 13.2. The molecule has 5 rings (SSSR count). The summed E-state index contributed by atoms with van der Waals surface area (Å²) < 4.78 is 11.4. The van der Waals surface area contributed by atoms with Crippen LogP contribution in [0, 0.1) is 0 Å². The molecule has 0 atom stereocenters. The van der Waals surface area contributed by atoms with Crippen LogP contribution in [0.1, 0.15) is 46.2 Å². The van der Waals surface area contributed by atoms with Crippen LogP contribution in [0.3, 0.4) is 0 Å². The first-order chi connectivity index (χ1) is 19.3. The predicted molar refractivity (Wildman–Crippen MR) is 161 cm³/mol. The normalized spacial score (nSPS) is 13.5. The zero-order valence-corrected chi connectivity index (χ0v) is 21.7. The minimum Gasteiger partial charge on any atom is -0.501 e. The third-order valence-corrected chi connectivity index (χ3v) is 6.42. The van der Waals surface area contributed by atoms with Crippen molar-refractivity contribution >= 4 is 42.4 Å². The van der Waals surface area contributed by atoms with Crippen molar-refractivity contribution < 1.29 is 14.3 Å². The number of rotatable bonds is 8. The first-order valence-corrected chi connectivity index (χ1v) is 13.2. The quantitative estimate of drug-likeness (QED) is 0.135. The molecule has 3 heteroatoms. The fourth-order valence-electron chi connectivity index (χ4n) is 4.34. The molecule has 0 fully saturated rings. The maximum absolute atomic E-state index is 13.1. The van der Waals surface area contributed by atoms with E-state index in [-0.39, 0.29) is 5.97 Å². The highest BCUT2D eigenvalue weighted by molar-refractivity contribution is 5.93. The van der Waals surface area contributed by atoms with Crippen LogP contribution in [0.4, 0.5) is 0 Å². The Kier molecular flexibility index (Phi) is 8.63. The number of hydrogen-bond donors (Lipinski definition) is 0. The van der Waals surface area contributed by atoms with Crippen LogP contribution >= 0.6 is 0 Å². The van der Waals surface area contributed by atoms with Gasteiger partial charge in [-0.15, -0.1) is 0 Å². The third-order valence-electron chi connectivity index (χ3n) is 6.42. The number of esters is 1. The zero-order valence-electron chi connectivity index (χ0n) is 21.7. The Morgan fingerprint density at radius 2 is 1.15 bits per heavy atom. The van der Waals surface area contributed by atoms with Gasteiger partial charge in [0.1, 0.15) is 5.75 Å². The second kappa shape index (κ2) is 13.1. The average Bonchev–Trinajstić information content (AvgIpc) is 3.00. The highest BCUT2D eigenvalue weighted by Crippen LogP contribution is 2.32. The summed E-state index contributed by atoms with van der Waals surface area (Å²) in [6, 6.07) is 34.3. The fourth-order valence-corrected chi connectivity index (χ4v) is 4.34. The average molecular weight is 511 g/mol. The van der Waals surface area contributed by atoms with E-state index in [0.717, 1.165) is 39.8 Å². The van der Waals surface area contributed by atoms with Gasteiger partial charge in [0.15, 0.2) is 0 Å². The summed E-state index contributed by atoms with van der Waals surface area (Å²) in [5.41, 5.74) is 6.59. The topological polar surface area (TPSA) is 35.5 Å². The van der Waals surface area contributed by atoms with E-state index in [2.05, 4.69) is 48.6 Å². The van der Waals surface area contributed by atoms with Crippen LogP contribution in [0.2, 0.25) is 0 Å². The van der Waals surface area contributed by atoms with Crippen LogP contribution in [-0.2, 0) is 9.53 Å². The summed E-state index contributed by atoms with van der Waals surface area (Å²) in [4.78, 5) is 13.1. The zero-order chi connectivity index (χ0) is 26.7. The lowest BCUT2D eigenvalue weighted by Crippen LogP contribution is -2.15. The standard InChI is InChI=1S/C36H30O3/c37-36(32-17-10-26-38-27-32)39-35-25-22-31(21-18-28-11-4-1-5-12-28)33(23-19-29-13-6-2-7-14-29)34(35)24-20-30-15-8-3-9-16-30/h1-9,11-16,18-25,27H,10,17,26H2. The molecule has 0 amide bonds. The number of carbonyl (C=O) groups excluding carboxylic acids is 1. The van der Waals surface area contributed by atoms with E-state index in [1.165, 1.54) is 6.26 Å². The molecule has 192 valence electrons. The summed E-state index contributed by atoms with van der Waals surface area (Å²) >= 11 is 0. The van der Waals surface area contributed by atoms with Gasteiger partial charge in [-0.05, 0) is 46.7 Å². The Labute approximate surface area is 230 Å². The minimum absolute atomic E-state index is 0.380. The van der Waals surface area contributed by atoms with Crippen LogP contribution in [0.5, 0.6) is 5.75 Å². The minimum atomic E-state index is -0.380. The third kappa shape index (κ3) is 7.12. The van der Waals surface area contributed by atoms with Gasteiger partial charge >= 0.3 is 5.97 Å². The first kappa shape index (κ1) is 25.7. The Morgan fingerprint density at radius 1 is 0.615 bits per heavy atom. The molecule has 3 nitrogen and oxygen atoms in total. The van der Waals surface area contributed by atoms with Crippen molar-refractivity contribution in [2.24, 2.45) is 0 Å². The number of carbonyl (C=O) groups is 1. The molecule has 0 unspecified atom stereocenters. The Hall–Kier alpha value is -4.89. The molecule has 0 aliphatic carbocycles. The molecule has 0 saturated carbocycles. The molecule has 4 aromatic rings. The largest absolute Gasteiger partial charge is 0.501 e. The summed E-state index contributed by atoms with van der Waals surface area (Å²) in [6.07, 6.45) is 15.4. The highest BCUT2D eigenvalue weighted by Gasteiger charge is 2.18. The monoisotopic (exact) mass is 510 g/mol. The molecule has 0 saturated heterocycles. The van der Waals surface area contributed by atoms with Crippen molar-refractivity contribution in [1.29, 1.82) is 0 Å². The van der Waals surface area contributed by atoms with E-state index in [1.54, 1.807) is 0 Å². The molecule has 0 spiro atoms. The van der Waals surface area contributed by atoms with E-state index >= 15 is 0 Å². The van der Waals surface area contributed by atoms with Gasteiger partial charge in [-0.3, -0.25) is 0 Å². The summed E-state index contributed by atoms with van der Waals surface area (Å²) in [7, 11) is 0. The van der Waals surface area contributed by atoms with E-state index in [0.29, 0.717) is 24.4 Å². The molecular formula is C36H30O3. The van der Waals surface area contributed by atoms with Crippen molar-refractivity contribution in [2.75, 3.05) is 6.61 Å². The van der Waals surface area contributed by atoms with Crippen LogP contribution in [-0.4, -0.2) is 12.6 Å². The summed E-state index contributed by atoms with van der Waals surface area (Å²) in [6.45, 7) is 0.624. The SMILES string of the molecule is O=C(Oc1ccc(C=Cc2ccccc2)c(C=Cc2ccccc2)c1C=Cc1ccccc1)C1=COCCC1. The molecule has 1 aliphatic heterocycles. The van der Waals surface area contributed by atoms with Gasteiger partial charge in [-0.1, -0.05) is 134 Å². The Morgan fingerprint density at radius 3 is 1.69 bits per heavy atom. The maximum atomic E-state index is 13.1. The molecule has 4 aromatic carbocycles. The van der Waals surface area contributed by atoms with Crippen molar-refractivity contribution in [3.63, 3.8) is 0 Å². The molecule has 1 heterocycles. The maximum Gasteiger partial charge on any atom is 0.342 e. The van der Waals surface area contributed by atoms with Crippen molar-refractivity contribution in [3.8, 4) is 5.75 Å². The van der Waals surface area contributed by atoms with Gasteiger partial charge in [-0.2, -0.15) is 0 Å². The van der Waals surface area contributed by atoms with E-state index < -0.39 is 0 Å². The summed E-state index contributed by atoms with van der Waals surface area (Å²) in [5, 5.41) is 0. The Balaban J connectivity index is 1.61. The number of benzene rings is 4. The van der Waals surface area contributed by atoms with Gasteiger partial charge < -0.3 is 9.47 Å². The highest BCUT2D eigenvalue weighted by atomic mass is 16.5. The molecule has 39 heavy (non-hydrogen) atoms. The number of hydrogen-bond acceptors (Lipinski definition) is 3. The number of ether oxygens (including phenoxy) is 2. The molecule has 0 radical (unpaired) electrons. The van der Waals surface area contributed by atoms with Crippen LogP contribution in [0.25, 0.3) is 36.5 Å². The lowest BCUT2D eigenvalue weighted by Gasteiger charge is -2.16. The lowest BCUT2D eigenvalue weighted by molar-refractivity contribution is -0.130. The second-order valence-electron chi connectivity index (χ2n) is 9.22. The van der Waals surface area contributed by atoms with Crippen LogP contribution in [0.15, 0.2) is 115 Å². The van der Waals surface area contributed by atoms with Crippen molar-refractivity contribution in [3.05, 3.63) is 148 Å². The molecular weight excluding hydrogens is 480 g/mol. The van der Waals surface area contributed by atoms with Gasteiger partial charge in [0.25, 0.3) is 0 Å². The molecule has 1 aliphatic rings. The molecule has 0 aromatic heterocycles. The van der Waals surface area contributed by atoms with E-state index in [4.69, 9.17) is 9.47 Å². The summed E-state index contributed by atoms with van der Waals surface area (Å²) in [5.74, 6) is 0.123. The smallest absolute Gasteiger partial charge is 0.342 e. The van der Waals surface area contributed by atoms with Gasteiger partial charge in [-0.25, -0.2) is 4.79 Å². The van der Waals surface area contributed by atoms with Gasteiger partial charge in [0.2, 0.25) is 0 Å². The van der Waals surface area contributed by atoms with Gasteiger partial charge in [0.05, 0.1) is 18.4 Å².